The van der Waals surface area contributed by atoms with Crippen molar-refractivity contribution in [1.29, 1.82) is 5.41 Å². The van der Waals surface area contributed by atoms with E-state index < -0.39 is 0 Å². The quantitative estimate of drug-likeness (QED) is 0.365. The van der Waals surface area contributed by atoms with E-state index in [-0.39, 0.29) is 5.92 Å². The van der Waals surface area contributed by atoms with Gasteiger partial charge in [-0.15, -0.1) is 0 Å². The summed E-state index contributed by atoms with van der Waals surface area (Å²) in [6.45, 7) is 13.0. The molecule has 0 amide bonds. The number of para-hydroxylation sites is 1. The predicted molar refractivity (Wildman–Crippen MR) is 137 cm³/mol. The molecule has 0 saturated carbocycles. The Morgan fingerprint density at radius 2 is 1.34 bits per heavy atom. The van der Waals surface area contributed by atoms with Crippen molar-refractivity contribution in [2.45, 2.75) is 65.7 Å². The average Bonchev–Trinajstić information content (AvgIpc) is 2.79. The molecule has 0 spiro atoms. The molecule has 32 heavy (non-hydrogen) atoms. The summed E-state index contributed by atoms with van der Waals surface area (Å²) in [6, 6.07) is 22.7. The van der Waals surface area contributed by atoms with Crippen LogP contribution in [0.4, 0.5) is 5.69 Å². The predicted octanol–water partition coefficient (Wildman–Crippen LogP) is 8.03. The number of hydrogen-bond acceptors (Lipinski definition) is 3. The first-order valence-electron chi connectivity index (χ1n) is 11.6. The fourth-order valence-electron chi connectivity index (χ4n) is 3.98. The normalized spacial score (nSPS) is 12.9. The molecule has 3 aromatic rings. The number of aromatic nitrogens is 1. The van der Waals surface area contributed by atoms with Crippen molar-refractivity contribution in [3.8, 4) is 0 Å². The maximum absolute atomic E-state index is 8.65. The lowest BCUT2D eigenvalue weighted by atomic mass is 9.93. The molecule has 1 heterocycles. The van der Waals surface area contributed by atoms with Crippen LogP contribution in [0.3, 0.4) is 0 Å². The van der Waals surface area contributed by atoms with Crippen LogP contribution in [0.25, 0.3) is 0 Å². The fraction of sp³-hybridized carbons (Fsp3) is 0.345. The molecule has 0 radical (unpaired) electrons. The monoisotopic (exact) mass is 425 g/mol. The van der Waals surface area contributed by atoms with E-state index in [2.05, 4.69) is 77.1 Å². The van der Waals surface area contributed by atoms with E-state index in [1.165, 1.54) is 16.7 Å². The van der Waals surface area contributed by atoms with Crippen LogP contribution in [0.1, 0.15) is 93.8 Å². The lowest BCUT2D eigenvalue weighted by molar-refractivity contribution is 0.800. The van der Waals surface area contributed by atoms with E-state index in [1.54, 1.807) is 0 Å². The summed E-state index contributed by atoms with van der Waals surface area (Å²) in [6.07, 6.45) is 0.657. The molecule has 0 aliphatic heterocycles. The van der Waals surface area contributed by atoms with Crippen LogP contribution < -0.4 is 0 Å². The Balaban J connectivity index is 1.90. The van der Waals surface area contributed by atoms with Gasteiger partial charge in [0.05, 0.1) is 28.5 Å². The summed E-state index contributed by atoms with van der Waals surface area (Å²) in [5.41, 5.74) is 7.82. The van der Waals surface area contributed by atoms with E-state index in [4.69, 9.17) is 15.4 Å². The van der Waals surface area contributed by atoms with Crippen molar-refractivity contribution >= 4 is 17.1 Å². The first kappa shape index (κ1) is 23.6. The van der Waals surface area contributed by atoms with Crippen LogP contribution in [0.5, 0.6) is 0 Å². The SMILES string of the molecule is CC(=Nc1c(C(C)C)cccc1C(C)C)c1cccc(C(=N)C[C@@H](C)c2ccccc2)n1. The van der Waals surface area contributed by atoms with Crippen molar-refractivity contribution in [3.63, 3.8) is 0 Å². The largest absolute Gasteiger partial charge is 0.303 e. The van der Waals surface area contributed by atoms with E-state index in [9.17, 15) is 0 Å². The fourth-order valence-corrected chi connectivity index (χ4v) is 3.98. The van der Waals surface area contributed by atoms with E-state index in [1.807, 2.05) is 31.2 Å². The number of pyridine rings is 1. The number of rotatable bonds is 8. The van der Waals surface area contributed by atoms with Crippen molar-refractivity contribution in [2.75, 3.05) is 0 Å². The van der Waals surface area contributed by atoms with Crippen LogP contribution in [-0.2, 0) is 0 Å². The molecule has 1 atom stereocenters. The zero-order chi connectivity index (χ0) is 23.3. The second kappa shape index (κ2) is 10.5. The molecule has 0 saturated heterocycles. The highest BCUT2D eigenvalue weighted by Crippen LogP contribution is 2.35. The van der Waals surface area contributed by atoms with Gasteiger partial charge in [-0.2, -0.15) is 0 Å². The molecule has 2 aromatic carbocycles. The van der Waals surface area contributed by atoms with Crippen LogP contribution in [-0.4, -0.2) is 16.4 Å². The van der Waals surface area contributed by atoms with E-state index in [0.29, 0.717) is 24.0 Å². The summed E-state index contributed by atoms with van der Waals surface area (Å²) in [5.74, 6) is 1.06. The highest BCUT2D eigenvalue weighted by molar-refractivity contribution is 6.01. The van der Waals surface area contributed by atoms with Gasteiger partial charge in [0.2, 0.25) is 0 Å². The Labute approximate surface area is 193 Å². The molecule has 0 aliphatic rings. The van der Waals surface area contributed by atoms with Crippen LogP contribution >= 0.6 is 0 Å². The van der Waals surface area contributed by atoms with E-state index in [0.717, 1.165) is 22.8 Å². The van der Waals surface area contributed by atoms with Gasteiger partial charge < -0.3 is 5.41 Å². The average molecular weight is 426 g/mol. The Morgan fingerprint density at radius 3 is 1.94 bits per heavy atom. The topological polar surface area (TPSA) is 49.1 Å². The lowest BCUT2D eigenvalue weighted by Gasteiger charge is -2.17. The zero-order valence-electron chi connectivity index (χ0n) is 20.2. The number of nitrogens with one attached hydrogen (secondary N) is 1. The van der Waals surface area contributed by atoms with Gasteiger partial charge in [-0.1, -0.05) is 89.2 Å². The minimum atomic E-state index is 0.274. The third-order valence-electron chi connectivity index (χ3n) is 5.93. The maximum Gasteiger partial charge on any atom is 0.0849 e. The molecule has 3 rings (SSSR count). The molecule has 1 aromatic heterocycles. The van der Waals surface area contributed by atoms with Crippen LogP contribution in [0.2, 0.25) is 0 Å². The molecule has 0 bridgehead atoms. The highest BCUT2D eigenvalue weighted by Gasteiger charge is 2.15. The highest BCUT2D eigenvalue weighted by atomic mass is 14.8. The summed E-state index contributed by atoms with van der Waals surface area (Å²) < 4.78 is 0. The second-order valence-corrected chi connectivity index (χ2v) is 9.19. The van der Waals surface area contributed by atoms with Gasteiger partial charge in [-0.3, -0.25) is 4.99 Å². The second-order valence-electron chi connectivity index (χ2n) is 9.19. The first-order chi connectivity index (χ1) is 15.3. The Kier molecular flexibility index (Phi) is 7.74. The molecule has 3 heteroatoms. The summed E-state index contributed by atoms with van der Waals surface area (Å²) in [4.78, 5) is 9.87. The van der Waals surface area contributed by atoms with Gasteiger partial charge in [-0.05, 0) is 59.9 Å². The van der Waals surface area contributed by atoms with E-state index >= 15 is 0 Å². The molecule has 0 fully saturated rings. The molecule has 0 unspecified atom stereocenters. The molecule has 0 aliphatic carbocycles. The van der Waals surface area contributed by atoms with Gasteiger partial charge in [0.15, 0.2) is 0 Å². The van der Waals surface area contributed by atoms with Gasteiger partial charge in [-0.25, -0.2) is 4.98 Å². The lowest BCUT2D eigenvalue weighted by Crippen LogP contribution is -2.10. The number of nitrogens with zero attached hydrogens (tertiary/aromatic N) is 2. The molecule has 1 N–H and O–H groups in total. The standard InChI is InChI=1S/C29H35N3/c1-19(2)24-14-10-15-25(20(3)4)29(24)31-22(6)27-16-11-17-28(32-27)26(30)18-21(5)23-12-8-7-9-13-23/h7-17,19-21,30H,18H2,1-6H3/t21-/m1/s1. The Bertz CT molecular complexity index is 1070. The van der Waals surface area contributed by atoms with Gasteiger partial charge >= 0.3 is 0 Å². The molecule has 166 valence electrons. The van der Waals surface area contributed by atoms with Crippen molar-refractivity contribution in [1.82, 2.24) is 4.98 Å². The summed E-state index contributed by atoms with van der Waals surface area (Å²) in [5, 5.41) is 8.65. The minimum absolute atomic E-state index is 0.274. The third kappa shape index (κ3) is 5.59. The summed E-state index contributed by atoms with van der Waals surface area (Å²) >= 11 is 0. The van der Waals surface area contributed by atoms with Gasteiger partial charge in [0.1, 0.15) is 0 Å². The Morgan fingerprint density at radius 1 is 0.781 bits per heavy atom. The maximum atomic E-state index is 8.65. The molecular formula is C29H35N3. The first-order valence-corrected chi connectivity index (χ1v) is 11.6. The van der Waals surface area contributed by atoms with Gasteiger partial charge in [0, 0.05) is 0 Å². The Hall–Kier alpha value is -3.07. The van der Waals surface area contributed by atoms with Crippen molar-refractivity contribution in [2.24, 2.45) is 4.99 Å². The number of benzene rings is 2. The minimum Gasteiger partial charge on any atom is -0.303 e. The van der Waals surface area contributed by atoms with Crippen molar-refractivity contribution < 1.29 is 0 Å². The van der Waals surface area contributed by atoms with Crippen molar-refractivity contribution in [3.05, 3.63) is 94.8 Å². The van der Waals surface area contributed by atoms with Gasteiger partial charge in [0.25, 0.3) is 0 Å². The van der Waals surface area contributed by atoms with Crippen LogP contribution in [0, 0.1) is 5.41 Å². The summed E-state index contributed by atoms with van der Waals surface area (Å²) in [7, 11) is 0. The van der Waals surface area contributed by atoms with Crippen LogP contribution in [0.15, 0.2) is 71.7 Å². The number of hydrogen-bond donors (Lipinski definition) is 1. The molecule has 3 nitrogen and oxygen atoms in total. The zero-order valence-corrected chi connectivity index (χ0v) is 20.2. The number of aliphatic imine (C=N–C) groups is 1. The third-order valence-corrected chi connectivity index (χ3v) is 5.93. The molecular weight excluding hydrogens is 390 g/mol. The smallest absolute Gasteiger partial charge is 0.0849 e.